The Morgan fingerprint density at radius 2 is 2.00 bits per heavy atom. The molecule has 0 fully saturated rings. The van der Waals surface area contributed by atoms with Gasteiger partial charge in [-0.2, -0.15) is 0 Å². The molecule has 0 aliphatic rings. The zero-order valence-electron chi connectivity index (χ0n) is 15.9. The molecule has 0 saturated carbocycles. The van der Waals surface area contributed by atoms with Crippen molar-refractivity contribution >= 4 is 12.0 Å². The number of nitrogens with zero attached hydrogens (tertiary/aromatic N) is 3. The van der Waals surface area contributed by atoms with E-state index in [4.69, 9.17) is 15.0 Å². The molecule has 0 aromatic heterocycles. The van der Waals surface area contributed by atoms with E-state index in [0.29, 0.717) is 31.2 Å². The third kappa shape index (κ3) is 7.43. The number of unbranched alkanes of at least 4 members (excludes halogenated alkanes) is 1. The first-order chi connectivity index (χ1) is 13.7. The molecule has 2 aromatic carbocycles. The summed E-state index contributed by atoms with van der Waals surface area (Å²) in [5.41, 5.74) is 10.1. The maximum absolute atomic E-state index is 11.9. The molecule has 0 atom stereocenters. The van der Waals surface area contributed by atoms with Gasteiger partial charge in [-0.1, -0.05) is 41.5 Å². The quantitative estimate of drug-likeness (QED) is 0.204. The number of carbonyl (C=O) groups excluding carboxylic acids is 1. The summed E-state index contributed by atoms with van der Waals surface area (Å²) in [6, 6.07) is 15.4. The third-order valence-corrected chi connectivity index (χ3v) is 3.90. The monoisotopic (exact) mass is 380 g/mol. The molecule has 0 saturated heterocycles. The van der Waals surface area contributed by atoms with Gasteiger partial charge in [0, 0.05) is 24.1 Å². The van der Waals surface area contributed by atoms with Crippen LogP contribution in [0.3, 0.4) is 0 Å². The molecule has 0 radical (unpaired) electrons. The van der Waals surface area contributed by atoms with Crippen LogP contribution < -0.4 is 14.8 Å². The Kier molecular flexibility index (Phi) is 8.97. The number of ether oxygens (including phenoxy) is 2. The van der Waals surface area contributed by atoms with Crippen LogP contribution in [0.25, 0.3) is 16.5 Å². The highest BCUT2D eigenvalue weighted by molar-refractivity contribution is 5.91. The molecule has 7 heteroatoms. The van der Waals surface area contributed by atoms with Crippen molar-refractivity contribution in [1.82, 2.24) is 5.32 Å². The number of nitrogens with one attached hydrogen (secondary N) is 1. The van der Waals surface area contributed by atoms with Gasteiger partial charge in [0.05, 0.1) is 7.11 Å². The predicted octanol–water partition coefficient (Wildman–Crippen LogP) is 4.49. The van der Waals surface area contributed by atoms with Crippen LogP contribution in [0.1, 0.15) is 24.0 Å². The molecule has 0 aliphatic heterocycles. The molecule has 28 heavy (non-hydrogen) atoms. The first-order valence-corrected chi connectivity index (χ1v) is 9.04. The van der Waals surface area contributed by atoms with Crippen LogP contribution in [0, 0.1) is 0 Å². The van der Waals surface area contributed by atoms with E-state index in [1.807, 2.05) is 48.5 Å². The van der Waals surface area contributed by atoms with Crippen molar-refractivity contribution in [2.45, 2.75) is 19.4 Å². The second-order valence-electron chi connectivity index (χ2n) is 5.97. The van der Waals surface area contributed by atoms with E-state index in [0.717, 1.165) is 24.0 Å². The lowest BCUT2D eigenvalue weighted by atomic mass is 10.2. The van der Waals surface area contributed by atoms with E-state index < -0.39 is 0 Å². The largest absolute Gasteiger partial charge is 0.493 e. The van der Waals surface area contributed by atoms with Crippen LogP contribution in [0.4, 0.5) is 0 Å². The molecular formula is C21H24N4O3. The van der Waals surface area contributed by atoms with Gasteiger partial charge in [0.1, 0.15) is 6.61 Å². The number of benzene rings is 2. The van der Waals surface area contributed by atoms with Crippen molar-refractivity contribution in [2.75, 3.05) is 20.2 Å². The van der Waals surface area contributed by atoms with Crippen LogP contribution >= 0.6 is 0 Å². The zero-order chi connectivity index (χ0) is 20.0. The zero-order valence-corrected chi connectivity index (χ0v) is 15.9. The van der Waals surface area contributed by atoms with E-state index in [-0.39, 0.29) is 5.91 Å². The van der Waals surface area contributed by atoms with Gasteiger partial charge in [-0.3, -0.25) is 4.79 Å². The first kappa shape index (κ1) is 20.9. The smallest absolute Gasteiger partial charge is 0.243 e. The van der Waals surface area contributed by atoms with Gasteiger partial charge in [0.25, 0.3) is 0 Å². The minimum Gasteiger partial charge on any atom is -0.493 e. The third-order valence-electron chi connectivity index (χ3n) is 3.90. The molecule has 146 valence electrons. The number of hydrogen-bond donors (Lipinski definition) is 1. The van der Waals surface area contributed by atoms with Crippen molar-refractivity contribution in [2.24, 2.45) is 5.11 Å². The molecule has 0 spiro atoms. The Bertz CT molecular complexity index is 831. The average molecular weight is 380 g/mol. The summed E-state index contributed by atoms with van der Waals surface area (Å²) < 4.78 is 11.2. The lowest BCUT2D eigenvalue weighted by molar-refractivity contribution is -0.116. The molecule has 0 bridgehead atoms. The summed E-state index contributed by atoms with van der Waals surface area (Å²) in [6.45, 7) is 1.44. The second kappa shape index (κ2) is 12.0. The summed E-state index contributed by atoms with van der Waals surface area (Å²) in [6.07, 6.45) is 4.71. The molecular weight excluding hydrogens is 356 g/mol. The van der Waals surface area contributed by atoms with Gasteiger partial charge in [0.2, 0.25) is 5.91 Å². The van der Waals surface area contributed by atoms with Gasteiger partial charge in [-0.15, -0.1) is 0 Å². The second-order valence-corrected chi connectivity index (χ2v) is 5.97. The first-order valence-electron chi connectivity index (χ1n) is 9.04. The van der Waals surface area contributed by atoms with Gasteiger partial charge in [0.15, 0.2) is 11.5 Å². The standard InChI is InChI=1S/C21H24N4O3/c1-27-20-15-17(10-12-21(26)23-13-5-6-14-24-25-22)9-11-19(20)28-16-18-7-3-2-4-8-18/h2-4,7-12,15H,5-6,13-14,16H2,1H3,(H,23,26)/b12-10+. The molecule has 2 rings (SSSR count). The summed E-state index contributed by atoms with van der Waals surface area (Å²) >= 11 is 0. The number of amides is 1. The van der Waals surface area contributed by atoms with Crippen molar-refractivity contribution in [3.8, 4) is 11.5 Å². The highest BCUT2D eigenvalue weighted by atomic mass is 16.5. The fourth-order valence-corrected chi connectivity index (χ4v) is 2.44. The molecule has 0 heterocycles. The van der Waals surface area contributed by atoms with Crippen molar-refractivity contribution in [1.29, 1.82) is 0 Å². The Hall–Kier alpha value is -3.44. The fourth-order valence-electron chi connectivity index (χ4n) is 2.44. The molecule has 2 aromatic rings. The number of hydrogen-bond acceptors (Lipinski definition) is 4. The SMILES string of the molecule is COc1cc(/C=C/C(=O)NCCCCN=[N+]=[N-])ccc1OCc1ccccc1. The van der Waals surface area contributed by atoms with Gasteiger partial charge >= 0.3 is 0 Å². The molecule has 7 nitrogen and oxygen atoms in total. The lowest BCUT2D eigenvalue weighted by Gasteiger charge is -2.11. The number of azide groups is 1. The summed E-state index contributed by atoms with van der Waals surface area (Å²) in [5.74, 6) is 1.08. The van der Waals surface area contributed by atoms with Gasteiger partial charge in [-0.05, 0) is 47.7 Å². The Morgan fingerprint density at radius 1 is 1.18 bits per heavy atom. The maximum Gasteiger partial charge on any atom is 0.243 e. The van der Waals surface area contributed by atoms with Crippen LogP contribution in [-0.2, 0) is 11.4 Å². The van der Waals surface area contributed by atoms with E-state index in [1.54, 1.807) is 13.2 Å². The Labute approximate surface area is 164 Å². The summed E-state index contributed by atoms with van der Waals surface area (Å²) in [5, 5.41) is 6.24. The van der Waals surface area contributed by atoms with E-state index in [1.165, 1.54) is 6.08 Å². The predicted molar refractivity (Wildman–Crippen MR) is 109 cm³/mol. The highest BCUT2D eigenvalue weighted by Crippen LogP contribution is 2.29. The topological polar surface area (TPSA) is 96.3 Å². The fraction of sp³-hybridized carbons (Fsp3) is 0.286. The molecule has 1 N–H and O–H groups in total. The van der Waals surface area contributed by atoms with E-state index in [9.17, 15) is 4.79 Å². The van der Waals surface area contributed by atoms with Gasteiger partial charge in [-0.25, -0.2) is 0 Å². The van der Waals surface area contributed by atoms with Crippen molar-refractivity contribution < 1.29 is 14.3 Å². The summed E-state index contributed by atoms with van der Waals surface area (Å²) in [7, 11) is 1.58. The van der Waals surface area contributed by atoms with E-state index in [2.05, 4.69) is 15.3 Å². The summed E-state index contributed by atoms with van der Waals surface area (Å²) in [4.78, 5) is 14.5. The Morgan fingerprint density at radius 3 is 2.75 bits per heavy atom. The van der Waals surface area contributed by atoms with Crippen molar-refractivity contribution in [3.05, 3.63) is 76.2 Å². The van der Waals surface area contributed by atoms with E-state index >= 15 is 0 Å². The maximum atomic E-state index is 11.9. The van der Waals surface area contributed by atoms with Crippen LogP contribution in [-0.4, -0.2) is 26.1 Å². The van der Waals surface area contributed by atoms with Gasteiger partial charge < -0.3 is 14.8 Å². The average Bonchev–Trinajstić information content (AvgIpc) is 2.74. The molecule has 0 unspecified atom stereocenters. The number of carbonyl (C=O) groups is 1. The molecule has 0 aliphatic carbocycles. The number of methoxy groups -OCH3 is 1. The normalized spacial score (nSPS) is 10.3. The minimum absolute atomic E-state index is 0.174. The highest BCUT2D eigenvalue weighted by Gasteiger charge is 2.05. The van der Waals surface area contributed by atoms with Crippen LogP contribution in [0.15, 0.2) is 59.7 Å². The Balaban J connectivity index is 1.85. The van der Waals surface area contributed by atoms with Crippen molar-refractivity contribution in [3.63, 3.8) is 0 Å². The number of rotatable bonds is 11. The van der Waals surface area contributed by atoms with Crippen LogP contribution in [0.2, 0.25) is 0 Å². The molecule has 1 amide bonds. The minimum atomic E-state index is -0.174. The lowest BCUT2D eigenvalue weighted by Crippen LogP contribution is -2.22. The van der Waals surface area contributed by atoms with Crippen LogP contribution in [0.5, 0.6) is 11.5 Å².